The molecule has 0 radical (unpaired) electrons. The Hall–Kier alpha value is -0.340. The van der Waals surface area contributed by atoms with Crippen molar-refractivity contribution in [1.82, 2.24) is 5.32 Å². The summed E-state index contributed by atoms with van der Waals surface area (Å²) in [4.78, 5) is 0. The summed E-state index contributed by atoms with van der Waals surface area (Å²) in [5.74, 6) is 0.804. The lowest BCUT2D eigenvalue weighted by molar-refractivity contribution is 0.312. The predicted octanol–water partition coefficient (Wildman–Crippen LogP) is 5.19. The van der Waals surface area contributed by atoms with E-state index in [9.17, 15) is 0 Å². The Balaban J connectivity index is 2.71. The van der Waals surface area contributed by atoms with Crippen molar-refractivity contribution < 1.29 is 0 Å². The van der Waals surface area contributed by atoms with Gasteiger partial charge in [-0.2, -0.15) is 0 Å². The molecular weight excluding hydrogens is 298 g/mol. The van der Waals surface area contributed by atoms with Gasteiger partial charge in [0.25, 0.3) is 0 Å². The van der Waals surface area contributed by atoms with Gasteiger partial charge >= 0.3 is 0 Å². The number of likely N-dealkylation sites (N-methyl/N-ethyl adjacent to an activating group) is 1. The van der Waals surface area contributed by atoms with Gasteiger partial charge in [-0.25, -0.2) is 0 Å². The van der Waals surface area contributed by atoms with Crippen LogP contribution in [0, 0.1) is 5.92 Å². The topological polar surface area (TPSA) is 12.0 Å². The molecule has 1 N–H and O–H groups in total. The average Bonchev–Trinajstić information content (AvgIpc) is 2.40. The van der Waals surface area contributed by atoms with Gasteiger partial charge in [0.05, 0.1) is 0 Å². The molecule has 0 aliphatic heterocycles. The van der Waals surface area contributed by atoms with Crippen LogP contribution in [0.15, 0.2) is 28.7 Å². The van der Waals surface area contributed by atoms with Crippen LogP contribution in [0.5, 0.6) is 0 Å². The monoisotopic (exact) mass is 325 g/mol. The standard InChI is InChI=1S/C17H28BrN/c1-4-7-15(8-5-2)17(19-6-3)13-14-9-11-16(18)12-10-14/h9-12,15,17,19H,4-8,13H2,1-3H3. The molecule has 1 atom stereocenters. The molecule has 108 valence electrons. The minimum Gasteiger partial charge on any atom is -0.314 e. The van der Waals surface area contributed by atoms with E-state index < -0.39 is 0 Å². The highest BCUT2D eigenvalue weighted by Crippen LogP contribution is 2.22. The Kier molecular flexibility index (Phi) is 8.40. The molecule has 1 unspecified atom stereocenters. The molecule has 1 nitrogen and oxygen atoms in total. The number of rotatable bonds is 9. The van der Waals surface area contributed by atoms with Crippen molar-refractivity contribution in [2.45, 2.75) is 58.9 Å². The van der Waals surface area contributed by atoms with E-state index in [1.807, 2.05) is 0 Å². The van der Waals surface area contributed by atoms with E-state index in [0.717, 1.165) is 23.4 Å². The maximum absolute atomic E-state index is 3.70. The van der Waals surface area contributed by atoms with E-state index in [1.165, 1.54) is 31.2 Å². The maximum Gasteiger partial charge on any atom is 0.0175 e. The van der Waals surface area contributed by atoms with E-state index in [1.54, 1.807) is 0 Å². The molecule has 2 heteroatoms. The number of nitrogens with one attached hydrogen (secondary N) is 1. The SMILES string of the molecule is CCCC(CCC)C(Cc1ccc(Br)cc1)NCC. The van der Waals surface area contributed by atoms with Crippen LogP contribution in [-0.2, 0) is 6.42 Å². The zero-order valence-corrected chi connectivity index (χ0v) is 14.2. The highest BCUT2D eigenvalue weighted by atomic mass is 79.9. The Morgan fingerprint density at radius 1 is 1.00 bits per heavy atom. The first-order valence-electron chi connectivity index (χ1n) is 7.69. The lowest BCUT2D eigenvalue weighted by Gasteiger charge is -2.28. The Morgan fingerprint density at radius 3 is 2.05 bits per heavy atom. The lowest BCUT2D eigenvalue weighted by atomic mass is 9.86. The molecule has 1 aromatic rings. The summed E-state index contributed by atoms with van der Waals surface area (Å²) < 4.78 is 1.16. The second kappa shape index (κ2) is 9.55. The van der Waals surface area contributed by atoms with Crippen molar-refractivity contribution in [3.63, 3.8) is 0 Å². The van der Waals surface area contributed by atoms with Gasteiger partial charge in [-0.05, 0) is 49.4 Å². The van der Waals surface area contributed by atoms with Crippen LogP contribution < -0.4 is 5.32 Å². The van der Waals surface area contributed by atoms with Crippen molar-refractivity contribution in [3.05, 3.63) is 34.3 Å². The fourth-order valence-corrected chi connectivity index (χ4v) is 3.09. The number of halogens is 1. The third-order valence-corrected chi connectivity index (χ3v) is 4.25. The normalized spacial score (nSPS) is 12.9. The fourth-order valence-electron chi connectivity index (χ4n) is 2.83. The molecule has 1 rings (SSSR count). The zero-order valence-electron chi connectivity index (χ0n) is 12.6. The van der Waals surface area contributed by atoms with E-state index >= 15 is 0 Å². The van der Waals surface area contributed by atoms with Gasteiger partial charge in [0.15, 0.2) is 0 Å². The molecule has 0 fully saturated rings. The molecule has 0 bridgehead atoms. The summed E-state index contributed by atoms with van der Waals surface area (Å²) in [6.07, 6.45) is 6.38. The van der Waals surface area contributed by atoms with Gasteiger partial charge in [0, 0.05) is 10.5 Å². The molecule has 1 aromatic carbocycles. The molecular formula is C17H28BrN. The predicted molar refractivity (Wildman–Crippen MR) is 88.6 cm³/mol. The largest absolute Gasteiger partial charge is 0.314 e. The molecule has 0 saturated carbocycles. The van der Waals surface area contributed by atoms with E-state index in [0.29, 0.717) is 6.04 Å². The zero-order chi connectivity index (χ0) is 14.1. The third kappa shape index (κ3) is 6.09. The Bertz CT molecular complexity index is 328. The number of hydrogen-bond acceptors (Lipinski definition) is 1. The van der Waals surface area contributed by atoms with Crippen LogP contribution in [0.2, 0.25) is 0 Å². The number of hydrogen-bond donors (Lipinski definition) is 1. The van der Waals surface area contributed by atoms with Crippen molar-refractivity contribution in [2.24, 2.45) is 5.92 Å². The molecule has 0 spiro atoms. The first kappa shape index (κ1) is 16.7. The Morgan fingerprint density at radius 2 is 1.58 bits per heavy atom. The molecule has 0 saturated heterocycles. The van der Waals surface area contributed by atoms with Crippen molar-refractivity contribution in [3.8, 4) is 0 Å². The lowest BCUT2D eigenvalue weighted by Crippen LogP contribution is -2.38. The van der Waals surface area contributed by atoms with Crippen molar-refractivity contribution in [2.75, 3.05) is 6.54 Å². The summed E-state index contributed by atoms with van der Waals surface area (Å²) in [5.41, 5.74) is 1.44. The molecule has 0 heterocycles. The fraction of sp³-hybridized carbons (Fsp3) is 0.647. The molecule has 0 aliphatic rings. The first-order chi connectivity index (χ1) is 9.21. The summed E-state index contributed by atoms with van der Waals surface area (Å²) in [6, 6.07) is 9.39. The average molecular weight is 326 g/mol. The first-order valence-corrected chi connectivity index (χ1v) is 8.48. The van der Waals surface area contributed by atoms with Crippen LogP contribution in [0.25, 0.3) is 0 Å². The van der Waals surface area contributed by atoms with Crippen LogP contribution >= 0.6 is 15.9 Å². The summed E-state index contributed by atoms with van der Waals surface area (Å²) >= 11 is 3.51. The highest BCUT2D eigenvalue weighted by Gasteiger charge is 2.19. The van der Waals surface area contributed by atoms with Crippen LogP contribution in [0.4, 0.5) is 0 Å². The van der Waals surface area contributed by atoms with Crippen molar-refractivity contribution in [1.29, 1.82) is 0 Å². The minimum atomic E-state index is 0.617. The van der Waals surface area contributed by atoms with Crippen LogP contribution in [0.1, 0.15) is 52.0 Å². The molecule has 0 amide bonds. The van der Waals surface area contributed by atoms with Crippen molar-refractivity contribution >= 4 is 15.9 Å². The van der Waals surface area contributed by atoms with Gasteiger partial charge in [0.1, 0.15) is 0 Å². The van der Waals surface area contributed by atoms with E-state index in [-0.39, 0.29) is 0 Å². The van der Waals surface area contributed by atoms with Gasteiger partial charge < -0.3 is 5.32 Å². The Labute approximate surface area is 127 Å². The van der Waals surface area contributed by atoms with E-state index in [2.05, 4.69) is 66.3 Å². The molecule has 19 heavy (non-hydrogen) atoms. The quantitative estimate of drug-likeness (QED) is 0.659. The smallest absolute Gasteiger partial charge is 0.0175 e. The second-order valence-corrected chi connectivity index (χ2v) is 6.25. The van der Waals surface area contributed by atoms with E-state index in [4.69, 9.17) is 0 Å². The number of benzene rings is 1. The highest BCUT2D eigenvalue weighted by molar-refractivity contribution is 9.10. The summed E-state index contributed by atoms with van der Waals surface area (Å²) in [5, 5.41) is 3.70. The maximum atomic E-state index is 3.70. The van der Waals surface area contributed by atoms with Gasteiger partial charge in [0.2, 0.25) is 0 Å². The van der Waals surface area contributed by atoms with Crippen LogP contribution in [0.3, 0.4) is 0 Å². The summed E-state index contributed by atoms with van der Waals surface area (Å²) in [7, 11) is 0. The summed E-state index contributed by atoms with van der Waals surface area (Å²) in [6.45, 7) is 7.87. The van der Waals surface area contributed by atoms with Gasteiger partial charge in [-0.3, -0.25) is 0 Å². The minimum absolute atomic E-state index is 0.617. The third-order valence-electron chi connectivity index (χ3n) is 3.72. The van der Waals surface area contributed by atoms with Crippen LogP contribution in [-0.4, -0.2) is 12.6 Å². The van der Waals surface area contributed by atoms with Gasteiger partial charge in [-0.15, -0.1) is 0 Å². The second-order valence-electron chi connectivity index (χ2n) is 5.33. The molecule has 0 aromatic heterocycles. The molecule has 0 aliphatic carbocycles. The van der Waals surface area contributed by atoms with Gasteiger partial charge in [-0.1, -0.05) is 61.7 Å².